The fourth-order valence-electron chi connectivity index (χ4n) is 1.50. The second kappa shape index (κ2) is 6.58. The smallest absolute Gasteiger partial charge is 0.292 e. The zero-order valence-corrected chi connectivity index (χ0v) is 10.5. The number of rotatable bonds is 6. The first-order chi connectivity index (χ1) is 8.60. The van der Waals surface area contributed by atoms with E-state index >= 15 is 0 Å². The number of nitrogens with zero attached hydrogens (tertiary/aromatic N) is 1. The third-order valence-electron chi connectivity index (χ3n) is 2.36. The average Bonchev–Trinajstić information content (AvgIpc) is 2.36. The number of hydrogen-bond acceptors (Lipinski definition) is 4. The maximum atomic E-state index is 11.6. The van der Waals surface area contributed by atoms with Gasteiger partial charge in [-0.05, 0) is 25.5 Å². The first kappa shape index (κ1) is 14.0. The molecule has 0 heterocycles. The number of carbonyl (C=O) groups excluding carboxylic acids is 1. The van der Waals surface area contributed by atoms with Gasteiger partial charge in [-0.1, -0.05) is 6.92 Å². The van der Waals surface area contributed by atoms with Crippen LogP contribution in [0.5, 0.6) is 0 Å². The molecule has 0 spiro atoms. The Balaban J connectivity index is 3.04. The standard InChI is InChI=1S/C12H17N3O3/c1-3-7-14-10-8-9(12(16)13-4-2)5-6-11(10)15(17)18/h5-6,8,14H,3-4,7H2,1-2H3,(H,13,16). The van der Waals surface area contributed by atoms with E-state index in [4.69, 9.17) is 0 Å². The van der Waals surface area contributed by atoms with Crippen molar-refractivity contribution in [1.29, 1.82) is 0 Å². The highest BCUT2D eigenvalue weighted by atomic mass is 16.6. The Bertz CT molecular complexity index is 446. The number of nitrogens with one attached hydrogen (secondary N) is 2. The summed E-state index contributed by atoms with van der Waals surface area (Å²) in [6.45, 7) is 4.93. The van der Waals surface area contributed by atoms with E-state index in [1.54, 1.807) is 0 Å². The van der Waals surface area contributed by atoms with Crippen LogP contribution in [-0.4, -0.2) is 23.9 Å². The predicted molar refractivity (Wildman–Crippen MR) is 69.9 cm³/mol. The van der Waals surface area contributed by atoms with Gasteiger partial charge in [0.05, 0.1) is 4.92 Å². The zero-order valence-electron chi connectivity index (χ0n) is 10.5. The van der Waals surface area contributed by atoms with E-state index in [0.29, 0.717) is 24.3 Å². The molecule has 98 valence electrons. The maximum Gasteiger partial charge on any atom is 0.292 e. The van der Waals surface area contributed by atoms with Gasteiger partial charge in [0.1, 0.15) is 5.69 Å². The van der Waals surface area contributed by atoms with Gasteiger partial charge in [-0.3, -0.25) is 14.9 Å². The van der Waals surface area contributed by atoms with E-state index in [9.17, 15) is 14.9 Å². The van der Waals surface area contributed by atoms with Crippen molar-refractivity contribution in [3.05, 3.63) is 33.9 Å². The number of benzene rings is 1. The van der Waals surface area contributed by atoms with E-state index < -0.39 is 4.92 Å². The Kier molecular flexibility index (Phi) is 5.10. The van der Waals surface area contributed by atoms with Crippen LogP contribution in [-0.2, 0) is 0 Å². The first-order valence-corrected chi connectivity index (χ1v) is 5.90. The number of anilines is 1. The van der Waals surface area contributed by atoms with Crippen molar-refractivity contribution >= 4 is 17.3 Å². The Morgan fingerprint density at radius 1 is 1.39 bits per heavy atom. The molecular formula is C12H17N3O3. The van der Waals surface area contributed by atoms with Crippen LogP contribution >= 0.6 is 0 Å². The zero-order chi connectivity index (χ0) is 13.5. The molecule has 0 aromatic heterocycles. The summed E-state index contributed by atoms with van der Waals surface area (Å²) in [6, 6.07) is 4.32. The fourth-order valence-corrected chi connectivity index (χ4v) is 1.50. The van der Waals surface area contributed by atoms with Crippen molar-refractivity contribution in [2.45, 2.75) is 20.3 Å². The molecule has 0 fully saturated rings. The lowest BCUT2D eigenvalue weighted by Gasteiger charge is -2.08. The van der Waals surface area contributed by atoms with Crippen LogP contribution in [0.1, 0.15) is 30.6 Å². The molecule has 0 bridgehead atoms. The summed E-state index contributed by atoms with van der Waals surface area (Å²) in [5, 5.41) is 16.5. The number of carbonyl (C=O) groups is 1. The summed E-state index contributed by atoms with van der Waals surface area (Å²) in [5.74, 6) is -0.230. The van der Waals surface area contributed by atoms with Gasteiger partial charge >= 0.3 is 0 Å². The molecule has 18 heavy (non-hydrogen) atoms. The largest absolute Gasteiger partial charge is 0.379 e. The SMILES string of the molecule is CCCNc1cc(C(=O)NCC)ccc1[N+](=O)[O-]. The minimum atomic E-state index is -0.459. The normalized spacial score (nSPS) is 9.89. The van der Waals surface area contributed by atoms with E-state index in [2.05, 4.69) is 10.6 Å². The number of nitro groups is 1. The molecule has 1 aromatic rings. The lowest BCUT2D eigenvalue weighted by molar-refractivity contribution is -0.384. The molecule has 0 saturated carbocycles. The summed E-state index contributed by atoms with van der Waals surface area (Å²) in [7, 11) is 0. The minimum absolute atomic E-state index is 0.0171. The first-order valence-electron chi connectivity index (χ1n) is 5.90. The van der Waals surface area contributed by atoms with Crippen molar-refractivity contribution < 1.29 is 9.72 Å². The maximum absolute atomic E-state index is 11.6. The molecule has 0 aliphatic rings. The van der Waals surface area contributed by atoms with Gasteiger partial charge < -0.3 is 10.6 Å². The van der Waals surface area contributed by atoms with E-state index in [0.717, 1.165) is 6.42 Å². The molecular weight excluding hydrogens is 234 g/mol. The summed E-state index contributed by atoms with van der Waals surface area (Å²) < 4.78 is 0. The summed E-state index contributed by atoms with van der Waals surface area (Å²) >= 11 is 0. The highest BCUT2D eigenvalue weighted by Gasteiger charge is 2.16. The van der Waals surface area contributed by atoms with Gasteiger partial charge in [-0.25, -0.2) is 0 Å². The Morgan fingerprint density at radius 2 is 2.11 bits per heavy atom. The molecule has 1 aromatic carbocycles. The Labute approximate surface area is 106 Å². The lowest BCUT2D eigenvalue weighted by Crippen LogP contribution is -2.22. The van der Waals surface area contributed by atoms with Gasteiger partial charge in [0.15, 0.2) is 0 Å². The van der Waals surface area contributed by atoms with Crippen LogP contribution in [0.25, 0.3) is 0 Å². The van der Waals surface area contributed by atoms with Crippen LogP contribution in [0, 0.1) is 10.1 Å². The predicted octanol–water partition coefficient (Wildman–Crippen LogP) is 2.17. The Morgan fingerprint density at radius 3 is 2.67 bits per heavy atom. The molecule has 0 unspecified atom stereocenters. The van der Waals surface area contributed by atoms with Crippen LogP contribution in [0.15, 0.2) is 18.2 Å². The fraction of sp³-hybridized carbons (Fsp3) is 0.417. The van der Waals surface area contributed by atoms with Crippen molar-refractivity contribution in [1.82, 2.24) is 5.32 Å². The van der Waals surface area contributed by atoms with Gasteiger partial charge in [-0.15, -0.1) is 0 Å². The number of amides is 1. The molecule has 1 rings (SSSR count). The molecule has 1 amide bonds. The van der Waals surface area contributed by atoms with Crippen molar-refractivity contribution in [2.75, 3.05) is 18.4 Å². The molecule has 2 N–H and O–H groups in total. The van der Waals surface area contributed by atoms with Crippen molar-refractivity contribution in [3.8, 4) is 0 Å². The highest BCUT2D eigenvalue weighted by molar-refractivity contribution is 5.95. The summed E-state index contributed by atoms with van der Waals surface area (Å²) in [4.78, 5) is 22.0. The van der Waals surface area contributed by atoms with Crippen molar-refractivity contribution in [3.63, 3.8) is 0 Å². The van der Waals surface area contributed by atoms with Gasteiger partial charge in [0, 0.05) is 24.7 Å². The number of hydrogen-bond donors (Lipinski definition) is 2. The quantitative estimate of drug-likeness (QED) is 0.599. The van der Waals surface area contributed by atoms with Crippen LogP contribution < -0.4 is 10.6 Å². The molecule has 0 radical (unpaired) electrons. The second-order valence-corrected chi connectivity index (χ2v) is 3.78. The molecule has 0 saturated heterocycles. The highest BCUT2D eigenvalue weighted by Crippen LogP contribution is 2.25. The Hall–Kier alpha value is -2.11. The monoisotopic (exact) mass is 251 g/mol. The summed E-state index contributed by atoms with van der Waals surface area (Å²) in [6.07, 6.45) is 0.850. The average molecular weight is 251 g/mol. The van der Waals surface area contributed by atoms with Crippen LogP contribution in [0.2, 0.25) is 0 Å². The summed E-state index contributed by atoms with van der Waals surface area (Å²) in [5.41, 5.74) is 0.781. The third kappa shape index (κ3) is 3.44. The van der Waals surface area contributed by atoms with Gasteiger partial charge in [0.2, 0.25) is 0 Å². The molecule has 0 aliphatic carbocycles. The lowest BCUT2D eigenvalue weighted by atomic mass is 10.1. The molecule has 6 nitrogen and oxygen atoms in total. The topological polar surface area (TPSA) is 84.3 Å². The van der Waals surface area contributed by atoms with E-state index in [-0.39, 0.29) is 11.6 Å². The van der Waals surface area contributed by atoms with Crippen LogP contribution in [0.4, 0.5) is 11.4 Å². The second-order valence-electron chi connectivity index (χ2n) is 3.78. The third-order valence-corrected chi connectivity index (χ3v) is 2.36. The molecule has 0 atom stereocenters. The molecule has 6 heteroatoms. The van der Waals surface area contributed by atoms with Gasteiger partial charge in [-0.2, -0.15) is 0 Å². The van der Waals surface area contributed by atoms with E-state index in [1.807, 2.05) is 13.8 Å². The van der Waals surface area contributed by atoms with Crippen molar-refractivity contribution in [2.24, 2.45) is 0 Å². The van der Waals surface area contributed by atoms with E-state index in [1.165, 1.54) is 18.2 Å². The number of nitro benzene ring substituents is 1. The van der Waals surface area contributed by atoms with Crippen LogP contribution in [0.3, 0.4) is 0 Å². The van der Waals surface area contributed by atoms with Gasteiger partial charge in [0.25, 0.3) is 11.6 Å². The minimum Gasteiger partial charge on any atom is -0.379 e. The molecule has 0 aliphatic heterocycles.